The fourth-order valence-corrected chi connectivity index (χ4v) is 1.26. The van der Waals surface area contributed by atoms with E-state index in [-0.39, 0.29) is 0 Å². The van der Waals surface area contributed by atoms with E-state index in [0.29, 0.717) is 0 Å². The van der Waals surface area contributed by atoms with Crippen LogP contribution in [0.15, 0.2) is 30.9 Å². The van der Waals surface area contributed by atoms with Crippen LogP contribution in [-0.2, 0) is 0 Å². The van der Waals surface area contributed by atoms with E-state index in [9.17, 15) is 0 Å². The molecule has 0 radical (unpaired) electrons. The van der Waals surface area contributed by atoms with Gasteiger partial charge >= 0.3 is 0 Å². The minimum absolute atomic E-state index is 0.737. The van der Waals surface area contributed by atoms with Crippen molar-refractivity contribution in [3.05, 3.63) is 30.9 Å². The molecule has 1 aromatic carbocycles. The van der Waals surface area contributed by atoms with Gasteiger partial charge in [-0.05, 0) is 18.6 Å². The molecule has 3 heteroatoms. The van der Waals surface area contributed by atoms with Gasteiger partial charge in [-0.3, -0.25) is 0 Å². The summed E-state index contributed by atoms with van der Waals surface area (Å²) in [5.41, 5.74) is 1.02. The SMILES string of the molecule is C=CCCNc1ccc(OC)c(OC)c1. The van der Waals surface area contributed by atoms with Crippen LogP contribution in [0.4, 0.5) is 5.69 Å². The Hall–Kier alpha value is -1.64. The molecule has 0 spiro atoms. The van der Waals surface area contributed by atoms with Crippen molar-refractivity contribution >= 4 is 5.69 Å². The third-order valence-corrected chi connectivity index (χ3v) is 2.06. The second-order valence-electron chi connectivity index (χ2n) is 3.07. The molecule has 1 rings (SSSR count). The Balaban J connectivity index is 2.69. The fourth-order valence-electron chi connectivity index (χ4n) is 1.26. The predicted octanol–water partition coefficient (Wildman–Crippen LogP) is 2.69. The molecule has 15 heavy (non-hydrogen) atoms. The Kier molecular flexibility index (Phi) is 4.54. The van der Waals surface area contributed by atoms with E-state index in [1.807, 2.05) is 24.3 Å². The summed E-state index contributed by atoms with van der Waals surface area (Å²) in [6.07, 6.45) is 2.82. The van der Waals surface area contributed by atoms with Gasteiger partial charge in [-0.15, -0.1) is 6.58 Å². The molecule has 0 amide bonds. The van der Waals surface area contributed by atoms with Crippen molar-refractivity contribution in [2.24, 2.45) is 0 Å². The standard InChI is InChI=1S/C12H17NO2/c1-4-5-8-13-10-6-7-11(14-2)12(9-10)15-3/h4,6-7,9,13H,1,5,8H2,2-3H3. The van der Waals surface area contributed by atoms with Crippen LogP contribution in [-0.4, -0.2) is 20.8 Å². The van der Waals surface area contributed by atoms with Crippen molar-refractivity contribution in [3.63, 3.8) is 0 Å². The second-order valence-corrected chi connectivity index (χ2v) is 3.07. The molecule has 0 aromatic heterocycles. The van der Waals surface area contributed by atoms with Crippen LogP contribution >= 0.6 is 0 Å². The molecule has 0 bridgehead atoms. The normalized spacial score (nSPS) is 9.47. The molecule has 1 aromatic rings. The zero-order chi connectivity index (χ0) is 11.1. The third kappa shape index (κ3) is 3.20. The average molecular weight is 207 g/mol. The monoisotopic (exact) mass is 207 g/mol. The van der Waals surface area contributed by atoms with Gasteiger partial charge in [0.1, 0.15) is 0 Å². The fraction of sp³-hybridized carbons (Fsp3) is 0.333. The van der Waals surface area contributed by atoms with Crippen LogP contribution in [0.3, 0.4) is 0 Å². The highest BCUT2D eigenvalue weighted by Gasteiger charge is 2.03. The molecule has 0 unspecified atom stereocenters. The summed E-state index contributed by atoms with van der Waals surface area (Å²) >= 11 is 0. The van der Waals surface area contributed by atoms with Gasteiger partial charge in [-0.2, -0.15) is 0 Å². The Morgan fingerprint density at radius 2 is 2.00 bits per heavy atom. The van der Waals surface area contributed by atoms with Crippen molar-refractivity contribution in [3.8, 4) is 11.5 Å². The average Bonchev–Trinajstić information content (AvgIpc) is 2.29. The van der Waals surface area contributed by atoms with Crippen LogP contribution in [0, 0.1) is 0 Å². The number of anilines is 1. The molecule has 0 aliphatic carbocycles. The second kappa shape index (κ2) is 5.96. The van der Waals surface area contributed by atoms with Crippen LogP contribution in [0.1, 0.15) is 6.42 Å². The van der Waals surface area contributed by atoms with E-state index in [0.717, 1.165) is 30.2 Å². The number of ether oxygens (including phenoxy) is 2. The van der Waals surface area contributed by atoms with Crippen LogP contribution in [0.2, 0.25) is 0 Å². The Morgan fingerprint density at radius 3 is 2.60 bits per heavy atom. The number of hydrogen-bond donors (Lipinski definition) is 1. The zero-order valence-corrected chi connectivity index (χ0v) is 9.25. The molecule has 0 aliphatic heterocycles. The third-order valence-electron chi connectivity index (χ3n) is 2.06. The maximum atomic E-state index is 5.20. The van der Waals surface area contributed by atoms with E-state index < -0.39 is 0 Å². The number of benzene rings is 1. The summed E-state index contributed by atoms with van der Waals surface area (Å²) in [5.74, 6) is 1.48. The van der Waals surface area contributed by atoms with E-state index >= 15 is 0 Å². The van der Waals surface area contributed by atoms with E-state index in [1.165, 1.54) is 0 Å². The number of rotatable bonds is 6. The first kappa shape index (κ1) is 11.4. The summed E-state index contributed by atoms with van der Waals surface area (Å²) < 4.78 is 10.3. The number of nitrogens with one attached hydrogen (secondary N) is 1. The molecule has 0 aliphatic rings. The van der Waals surface area contributed by atoms with E-state index in [4.69, 9.17) is 9.47 Å². The van der Waals surface area contributed by atoms with Gasteiger partial charge in [0.05, 0.1) is 14.2 Å². The van der Waals surface area contributed by atoms with Gasteiger partial charge in [-0.1, -0.05) is 6.08 Å². The van der Waals surface area contributed by atoms with E-state index in [1.54, 1.807) is 14.2 Å². The van der Waals surface area contributed by atoms with Gasteiger partial charge < -0.3 is 14.8 Å². The maximum Gasteiger partial charge on any atom is 0.162 e. The molecule has 82 valence electrons. The number of methoxy groups -OCH3 is 2. The lowest BCUT2D eigenvalue weighted by Crippen LogP contribution is -2.00. The largest absolute Gasteiger partial charge is 0.493 e. The Morgan fingerprint density at radius 1 is 1.27 bits per heavy atom. The molecule has 1 N–H and O–H groups in total. The Bertz CT molecular complexity index is 323. The van der Waals surface area contributed by atoms with Gasteiger partial charge in [0.25, 0.3) is 0 Å². The highest BCUT2D eigenvalue weighted by molar-refractivity contribution is 5.54. The van der Waals surface area contributed by atoms with Gasteiger partial charge in [0.15, 0.2) is 11.5 Å². The number of hydrogen-bond acceptors (Lipinski definition) is 3. The minimum Gasteiger partial charge on any atom is -0.493 e. The first-order valence-corrected chi connectivity index (χ1v) is 4.88. The maximum absolute atomic E-state index is 5.20. The summed E-state index contributed by atoms with van der Waals surface area (Å²) in [6, 6.07) is 5.77. The molecule has 0 saturated carbocycles. The molecule has 3 nitrogen and oxygen atoms in total. The summed E-state index contributed by atoms with van der Waals surface area (Å²) in [5, 5.41) is 3.26. The quantitative estimate of drug-likeness (QED) is 0.574. The topological polar surface area (TPSA) is 30.5 Å². The first-order chi connectivity index (χ1) is 7.31. The molecule has 0 fully saturated rings. The van der Waals surface area contributed by atoms with Crippen molar-refractivity contribution in [1.82, 2.24) is 0 Å². The highest BCUT2D eigenvalue weighted by Crippen LogP contribution is 2.29. The van der Waals surface area contributed by atoms with Gasteiger partial charge in [0.2, 0.25) is 0 Å². The molecule has 0 atom stereocenters. The van der Waals surface area contributed by atoms with Crippen LogP contribution < -0.4 is 14.8 Å². The minimum atomic E-state index is 0.737. The van der Waals surface area contributed by atoms with Crippen molar-refractivity contribution in [2.45, 2.75) is 6.42 Å². The van der Waals surface area contributed by atoms with Crippen molar-refractivity contribution in [1.29, 1.82) is 0 Å². The zero-order valence-electron chi connectivity index (χ0n) is 9.25. The molecule has 0 saturated heterocycles. The molecule has 0 heterocycles. The summed E-state index contributed by atoms with van der Waals surface area (Å²) in [6.45, 7) is 4.54. The lowest BCUT2D eigenvalue weighted by molar-refractivity contribution is 0.355. The van der Waals surface area contributed by atoms with Crippen LogP contribution in [0.25, 0.3) is 0 Å². The van der Waals surface area contributed by atoms with Gasteiger partial charge in [0, 0.05) is 18.3 Å². The molecular formula is C12H17NO2. The first-order valence-electron chi connectivity index (χ1n) is 4.88. The predicted molar refractivity (Wildman–Crippen MR) is 62.8 cm³/mol. The van der Waals surface area contributed by atoms with E-state index in [2.05, 4.69) is 11.9 Å². The van der Waals surface area contributed by atoms with Crippen molar-refractivity contribution < 1.29 is 9.47 Å². The highest BCUT2D eigenvalue weighted by atomic mass is 16.5. The summed E-state index contributed by atoms with van der Waals surface area (Å²) in [4.78, 5) is 0. The van der Waals surface area contributed by atoms with Crippen LogP contribution in [0.5, 0.6) is 11.5 Å². The van der Waals surface area contributed by atoms with Gasteiger partial charge in [-0.25, -0.2) is 0 Å². The Labute approximate surface area is 90.7 Å². The summed E-state index contributed by atoms with van der Waals surface area (Å²) in [7, 11) is 3.26. The van der Waals surface area contributed by atoms with Crippen molar-refractivity contribution in [2.75, 3.05) is 26.1 Å². The smallest absolute Gasteiger partial charge is 0.162 e. The lowest BCUT2D eigenvalue weighted by atomic mass is 10.2. The molecular weight excluding hydrogens is 190 g/mol. The lowest BCUT2D eigenvalue weighted by Gasteiger charge is -2.10.